The van der Waals surface area contributed by atoms with Gasteiger partial charge in [-0.2, -0.15) is 0 Å². The Labute approximate surface area is 122 Å². The minimum Gasteiger partial charge on any atom is -0.397 e. The van der Waals surface area contributed by atoms with Crippen LogP contribution < -0.4 is 5.73 Å². The van der Waals surface area contributed by atoms with Gasteiger partial charge >= 0.3 is 0 Å². The number of nitrogen functional groups attached to an aromatic ring is 1. The second kappa shape index (κ2) is 4.80. The molecule has 0 aliphatic carbocycles. The molecular weight excluding hydrogens is 272 g/mol. The average molecular weight is 287 g/mol. The molecule has 0 radical (unpaired) electrons. The van der Waals surface area contributed by atoms with E-state index >= 15 is 0 Å². The first kappa shape index (κ1) is 12.9. The molecule has 0 atom stereocenters. The summed E-state index contributed by atoms with van der Waals surface area (Å²) in [6.45, 7) is 4.23. The van der Waals surface area contributed by atoms with Crippen LogP contribution in [0.3, 0.4) is 0 Å². The van der Waals surface area contributed by atoms with Crippen LogP contribution in [0, 0.1) is 0 Å². The zero-order valence-corrected chi connectivity index (χ0v) is 12.1. The zero-order valence-electron chi connectivity index (χ0n) is 11.3. The molecule has 2 heterocycles. The standard InChI is InChI=1S/C15H15ClN4/c1-9(2)20-14-6-11(16)3-4-13(14)19-15(20)10-5-12(17)8-18-7-10/h3-9H,17H2,1-2H3. The van der Waals surface area contributed by atoms with Gasteiger partial charge in [0.25, 0.3) is 0 Å². The molecule has 102 valence electrons. The Morgan fingerprint density at radius 2 is 2.00 bits per heavy atom. The Morgan fingerprint density at radius 1 is 1.20 bits per heavy atom. The van der Waals surface area contributed by atoms with E-state index in [0.717, 1.165) is 22.4 Å². The summed E-state index contributed by atoms with van der Waals surface area (Å²) in [4.78, 5) is 8.84. The number of benzene rings is 1. The number of nitrogens with two attached hydrogens (primary N) is 1. The van der Waals surface area contributed by atoms with Gasteiger partial charge in [0, 0.05) is 29.0 Å². The quantitative estimate of drug-likeness (QED) is 0.777. The van der Waals surface area contributed by atoms with Crippen molar-refractivity contribution in [3.05, 3.63) is 41.7 Å². The van der Waals surface area contributed by atoms with Gasteiger partial charge in [-0.05, 0) is 38.1 Å². The van der Waals surface area contributed by atoms with Gasteiger partial charge in [0.15, 0.2) is 0 Å². The summed E-state index contributed by atoms with van der Waals surface area (Å²) in [5.74, 6) is 0.858. The fourth-order valence-electron chi connectivity index (χ4n) is 2.37. The maximum absolute atomic E-state index is 6.10. The number of hydrogen-bond donors (Lipinski definition) is 1. The van der Waals surface area contributed by atoms with Crippen LogP contribution in [-0.4, -0.2) is 14.5 Å². The van der Waals surface area contributed by atoms with E-state index in [2.05, 4.69) is 23.4 Å². The highest BCUT2D eigenvalue weighted by Crippen LogP contribution is 2.30. The topological polar surface area (TPSA) is 56.7 Å². The highest BCUT2D eigenvalue weighted by atomic mass is 35.5. The highest BCUT2D eigenvalue weighted by molar-refractivity contribution is 6.31. The minimum absolute atomic E-state index is 0.259. The van der Waals surface area contributed by atoms with Crippen molar-refractivity contribution >= 4 is 28.3 Å². The van der Waals surface area contributed by atoms with Gasteiger partial charge in [-0.15, -0.1) is 0 Å². The van der Waals surface area contributed by atoms with Crippen molar-refractivity contribution < 1.29 is 0 Å². The van der Waals surface area contributed by atoms with Crippen molar-refractivity contribution in [3.63, 3.8) is 0 Å². The molecule has 1 aromatic carbocycles. The fourth-order valence-corrected chi connectivity index (χ4v) is 2.54. The summed E-state index contributed by atoms with van der Waals surface area (Å²) in [5.41, 5.74) is 9.29. The van der Waals surface area contributed by atoms with Crippen molar-refractivity contribution in [3.8, 4) is 11.4 Å². The number of hydrogen-bond acceptors (Lipinski definition) is 3. The maximum Gasteiger partial charge on any atom is 0.143 e. The van der Waals surface area contributed by atoms with E-state index < -0.39 is 0 Å². The Balaban J connectivity index is 2.32. The van der Waals surface area contributed by atoms with Crippen molar-refractivity contribution in [1.29, 1.82) is 0 Å². The molecule has 0 bridgehead atoms. The van der Waals surface area contributed by atoms with Gasteiger partial charge < -0.3 is 10.3 Å². The van der Waals surface area contributed by atoms with Gasteiger partial charge in [0.1, 0.15) is 5.82 Å². The van der Waals surface area contributed by atoms with Crippen LogP contribution in [0.15, 0.2) is 36.7 Å². The third kappa shape index (κ3) is 2.12. The van der Waals surface area contributed by atoms with E-state index in [1.807, 2.05) is 24.3 Å². The van der Waals surface area contributed by atoms with E-state index in [-0.39, 0.29) is 6.04 Å². The Morgan fingerprint density at radius 3 is 2.70 bits per heavy atom. The third-order valence-electron chi connectivity index (χ3n) is 3.19. The van der Waals surface area contributed by atoms with Crippen LogP contribution in [0.4, 0.5) is 5.69 Å². The molecule has 3 aromatic rings. The molecule has 2 aromatic heterocycles. The molecule has 0 amide bonds. The molecule has 20 heavy (non-hydrogen) atoms. The van der Waals surface area contributed by atoms with Crippen LogP contribution in [0.25, 0.3) is 22.4 Å². The Bertz CT molecular complexity index is 777. The lowest BCUT2D eigenvalue weighted by molar-refractivity contribution is 0.624. The van der Waals surface area contributed by atoms with E-state index in [1.165, 1.54) is 0 Å². The minimum atomic E-state index is 0.259. The van der Waals surface area contributed by atoms with E-state index in [1.54, 1.807) is 12.4 Å². The van der Waals surface area contributed by atoms with Crippen LogP contribution in [0.2, 0.25) is 5.02 Å². The molecule has 4 nitrogen and oxygen atoms in total. The summed E-state index contributed by atoms with van der Waals surface area (Å²) in [5, 5.41) is 0.705. The second-order valence-corrected chi connectivity index (χ2v) is 5.48. The predicted octanol–water partition coefficient (Wildman–Crippen LogP) is 3.91. The van der Waals surface area contributed by atoms with Crippen molar-refractivity contribution in [2.24, 2.45) is 0 Å². The predicted molar refractivity (Wildman–Crippen MR) is 82.8 cm³/mol. The lowest BCUT2D eigenvalue weighted by atomic mass is 10.2. The molecule has 0 saturated heterocycles. The van der Waals surface area contributed by atoms with Crippen molar-refractivity contribution in [2.75, 3.05) is 5.73 Å². The fraction of sp³-hybridized carbons (Fsp3) is 0.200. The van der Waals surface area contributed by atoms with Gasteiger partial charge in [0.2, 0.25) is 0 Å². The van der Waals surface area contributed by atoms with Crippen LogP contribution in [-0.2, 0) is 0 Å². The molecule has 3 rings (SSSR count). The molecule has 0 unspecified atom stereocenters. The molecule has 5 heteroatoms. The Kier molecular flexibility index (Phi) is 3.10. The van der Waals surface area contributed by atoms with Gasteiger partial charge in [0.05, 0.1) is 16.7 Å². The van der Waals surface area contributed by atoms with Crippen molar-refractivity contribution in [1.82, 2.24) is 14.5 Å². The number of anilines is 1. The average Bonchev–Trinajstić information content (AvgIpc) is 2.77. The molecule has 2 N–H and O–H groups in total. The van der Waals surface area contributed by atoms with Gasteiger partial charge in [-0.25, -0.2) is 4.98 Å². The van der Waals surface area contributed by atoms with Crippen molar-refractivity contribution in [2.45, 2.75) is 19.9 Å². The second-order valence-electron chi connectivity index (χ2n) is 5.04. The lowest BCUT2D eigenvalue weighted by Gasteiger charge is -2.13. The molecular formula is C15H15ClN4. The first-order valence-corrected chi connectivity index (χ1v) is 6.82. The van der Waals surface area contributed by atoms with Gasteiger partial charge in [-0.1, -0.05) is 11.6 Å². The monoisotopic (exact) mass is 286 g/mol. The molecule has 0 spiro atoms. The SMILES string of the molecule is CC(C)n1c(-c2cncc(N)c2)nc2ccc(Cl)cc21. The van der Waals surface area contributed by atoms with Crippen LogP contribution in [0.5, 0.6) is 0 Å². The summed E-state index contributed by atoms with van der Waals surface area (Å²) >= 11 is 6.10. The Hall–Kier alpha value is -2.07. The number of rotatable bonds is 2. The summed E-state index contributed by atoms with van der Waals surface area (Å²) in [6, 6.07) is 7.86. The summed E-state index contributed by atoms with van der Waals surface area (Å²) in [7, 11) is 0. The number of aromatic nitrogens is 3. The van der Waals surface area contributed by atoms with Crippen LogP contribution >= 0.6 is 11.6 Å². The summed E-state index contributed by atoms with van der Waals surface area (Å²) in [6.07, 6.45) is 3.40. The molecule has 0 aliphatic rings. The number of fused-ring (bicyclic) bond motifs is 1. The summed E-state index contributed by atoms with van der Waals surface area (Å²) < 4.78 is 2.15. The first-order valence-electron chi connectivity index (χ1n) is 6.44. The van der Waals surface area contributed by atoms with Gasteiger partial charge in [-0.3, -0.25) is 4.98 Å². The molecule has 0 aliphatic heterocycles. The normalized spacial score (nSPS) is 11.4. The largest absolute Gasteiger partial charge is 0.397 e. The zero-order chi connectivity index (χ0) is 14.3. The number of halogens is 1. The maximum atomic E-state index is 6.10. The van der Waals surface area contributed by atoms with E-state index in [4.69, 9.17) is 22.3 Å². The van der Waals surface area contributed by atoms with Crippen LogP contribution in [0.1, 0.15) is 19.9 Å². The molecule has 0 fully saturated rings. The van der Waals surface area contributed by atoms with E-state index in [0.29, 0.717) is 10.7 Å². The molecule has 0 saturated carbocycles. The smallest absolute Gasteiger partial charge is 0.143 e. The third-order valence-corrected chi connectivity index (χ3v) is 3.42. The lowest BCUT2D eigenvalue weighted by Crippen LogP contribution is -2.03. The number of imidazole rings is 1. The number of pyridine rings is 1. The van der Waals surface area contributed by atoms with E-state index in [9.17, 15) is 0 Å². The highest BCUT2D eigenvalue weighted by Gasteiger charge is 2.15. The number of nitrogens with zero attached hydrogens (tertiary/aromatic N) is 3. The first-order chi connectivity index (χ1) is 9.56.